The summed E-state index contributed by atoms with van der Waals surface area (Å²) in [6.07, 6.45) is 0. The minimum atomic E-state index is -0.219. The van der Waals surface area contributed by atoms with Gasteiger partial charge in [0.15, 0.2) is 11.5 Å². The van der Waals surface area contributed by atoms with Gasteiger partial charge >= 0.3 is 0 Å². The topological polar surface area (TPSA) is 85.5 Å². The molecule has 1 atom stereocenters. The van der Waals surface area contributed by atoms with Gasteiger partial charge in [0.25, 0.3) is 5.56 Å². The third kappa shape index (κ3) is 3.94. The fourth-order valence-electron chi connectivity index (χ4n) is 3.15. The summed E-state index contributed by atoms with van der Waals surface area (Å²) in [5, 5.41) is 3.85. The Morgan fingerprint density at radius 1 is 1.04 bits per heavy atom. The van der Waals surface area contributed by atoms with Crippen molar-refractivity contribution in [2.24, 2.45) is 0 Å². The molecule has 0 aliphatic heterocycles. The van der Waals surface area contributed by atoms with Crippen LogP contribution in [0.1, 0.15) is 29.9 Å². The van der Waals surface area contributed by atoms with Crippen molar-refractivity contribution in [1.82, 2.24) is 15.3 Å². The molecule has 0 amide bonds. The first kappa shape index (κ1) is 19.7. The molecule has 0 radical (unpaired) electrons. The van der Waals surface area contributed by atoms with Crippen LogP contribution in [0.5, 0.6) is 17.2 Å². The summed E-state index contributed by atoms with van der Waals surface area (Å²) in [5.41, 5.74) is 2.54. The summed E-state index contributed by atoms with van der Waals surface area (Å²) in [7, 11) is 4.74. The molecule has 7 nitrogen and oxygen atoms in total. The molecular formula is C21H25N3O4. The minimum Gasteiger partial charge on any atom is -0.496 e. The largest absolute Gasteiger partial charge is 0.496 e. The number of aromatic nitrogens is 2. The summed E-state index contributed by atoms with van der Waals surface area (Å²) < 4.78 is 16.0. The Labute approximate surface area is 163 Å². The highest BCUT2D eigenvalue weighted by molar-refractivity contribution is 5.81. The number of nitrogens with zero attached hydrogens (tertiary/aromatic N) is 1. The molecular weight excluding hydrogens is 358 g/mol. The standard InChI is InChI=1S/C21H25N3O4/c1-12-6-7-17(26-3)14(8-12)13(2)22-11-20-23-16-10-19(28-5)18(27-4)9-15(16)21(25)24-20/h6-10,13,22H,11H2,1-5H3,(H,23,24,25). The van der Waals surface area contributed by atoms with Crippen LogP contribution in [0.25, 0.3) is 10.9 Å². The van der Waals surface area contributed by atoms with Gasteiger partial charge < -0.3 is 24.5 Å². The average molecular weight is 383 g/mol. The number of rotatable bonds is 7. The van der Waals surface area contributed by atoms with Crippen molar-refractivity contribution in [1.29, 1.82) is 0 Å². The second-order valence-electron chi connectivity index (χ2n) is 6.58. The maximum Gasteiger partial charge on any atom is 0.258 e. The Balaban J connectivity index is 1.87. The van der Waals surface area contributed by atoms with E-state index in [1.807, 2.05) is 26.0 Å². The van der Waals surface area contributed by atoms with E-state index in [2.05, 4.69) is 21.4 Å². The van der Waals surface area contributed by atoms with Crippen molar-refractivity contribution in [3.63, 3.8) is 0 Å². The van der Waals surface area contributed by atoms with Gasteiger partial charge in [0.2, 0.25) is 0 Å². The lowest BCUT2D eigenvalue weighted by molar-refractivity contribution is 0.355. The number of aryl methyl sites for hydroxylation is 1. The molecule has 0 fully saturated rings. The number of methoxy groups -OCH3 is 3. The highest BCUT2D eigenvalue weighted by atomic mass is 16.5. The van der Waals surface area contributed by atoms with E-state index in [1.165, 1.54) is 7.11 Å². The van der Waals surface area contributed by atoms with Gasteiger partial charge in [0.05, 0.1) is 38.8 Å². The molecule has 0 aliphatic carbocycles. The van der Waals surface area contributed by atoms with Gasteiger partial charge in [-0.05, 0) is 26.0 Å². The fraction of sp³-hybridized carbons (Fsp3) is 0.333. The number of fused-ring (bicyclic) bond motifs is 1. The second kappa shape index (κ2) is 8.31. The lowest BCUT2D eigenvalue weighted by Gasteiger charge is -2.18. The SMILES string of the molecule is COc1cc2nc(CNC(C)c3cc(C)ccc3OC)[nH]c(=O)c2cc1OC. The van der Waals surface area contributed by atoms with Gasteiger partial charge in [0, 0.05) is 17.7 Å². The van der Waals surface area contributed by atoms with Crippen LogP contribution in [-0.4, -0.2) is 31.3 Å². The number of aromatic amines is 1. The quantitative estimate of drug-likeness (QED) is 0.652. The first-order valence-corrected chi connectivity index (χ1v) is 8.99. The molecule has 2 aromatic carbocycles. The third-order valence-corrected chi connectivity index (χ3v) is 4.69. The Kier molecular flexibility index (Phi) is 5.84. The number of benzene rings is 2. The molecule has 0 bridgehead atoms. The van der Waals surface area contributed by atoms with E-state index >= 15 is 0 Å². The van der Waals surface area contributed by atoms with Crippen LogP contribution >= 0.6 is 0 Å². The predicted octanol–water partition coefficient (Wildman–Crippen LogP) is 3.11. The number of H-pyrrole nitrogens is 1. The van der Waals surface area contributed by atoms with E-state index in [-0.39, 0.29) is 11.6 Å². The van der Waals surface area contributed by atoms with Crippen molar-refractivity contribution in [3.05, 3.63) is 57.6 Å². The van der Waals surface area contributed by atoms with Gasteiger partial charge in [-0.25, -0.2) is 4.98 Å². The molecule has 148 valence electrons. The molecule has 0 saturated carbocycles. The van der Waals surface area contributed by atoms with Crippen LogP contribution in [0.3, 0.4) is 0 Å². The van der Waals surface area contributed by atoms with Crippen molar-refractivity contribution in [2.45, 2.75) is 26.4 Å². The van der Waals surface area contributed by atoms with Crippen LogP contribution in [0.15, 0.2) is 35.1 Å². The highest BCUT2D eigenvalue weighted by Gasteiger charge is 2.14. The first-order chi connectivity index (χ1) is 13.5. The first-order valence-electron chi connectivity index (χ1n) is 8.99. The second-order valence-corrected chi connectivity index (χ2v) is 6.58. The minimum absolute atomic E-state index is 0.0150. The molecule has 0 aliphatic rings. The Hall–Kier alpha value is -3.06. The number of hydrogen-bond acceptors (Lipinski definition) is 6. The van der Waals surface area contributed by atoms with E-state index in [1.54, 1.807) is 26.4 Å². The normalized spacial score (nSPS) is 12.0. The van der Waals surface area contributed by atoms with E-state index < -0.39 is 0 Å². The summed E-state index contributed by atoms with van der Waals surface area (Å²) in [4.78, 5) is 19.9. The summed E-state index contributed by atoms with van der Waals surface area (Å²) in [6, 6.07) is 9.42. The van der Waals surface area contributed by atoms with Gasteiger partial charge in [0.1, 0.15) is 11.6 Å². The fourth-order valence-corrected chi connectivity index (χ4v) is 3.15. The highest BCUT2D eigenvalue weighted by Crippen LogP contribution is 2.30. The van der Waals surface area contributed by atoms with E-state index in [0.717, 1.165) is 16.9 Å². The summed E-state index contributed by atoms with van der Waals surface area (Å²) in [5.74, 6) is 2.39. The van der Waals surface area contributed by atoms with E-state index in [0.29, 0.717) is 34.8 Å². The Morgan fingerprint density at radius 3 is 2.39 bits per heavy atom. The van der Waals surface area contributed by atoms with E-state index in [4.69, 9.17) is 14.2 Å². The van der Waals surface area contributed by atoms with Crippen LogP contribution in [0.2, 0.25) is 0 Å². The zero-order valence-corrected chi connectivity index (χ0v) is 16.8. The molecule has 2 N–H and O–H groups in total. The predicted molar refractivity (Wildman–Crippen MR) is 108 cm³/mol. The van der Waals surface area contributed by atoms with Gasteiger partial charge in [-0.15, -0.1) is 0 Å². The van der Waals surface area contributed by atoms with Crippen LogP contribution in [0, 0.1) is 6.92 Å². The molecule has 0 spiro atoms. The van der Waals surface area contributed by atoms with E-state index in [9.17, 15) is 4.79 Å². The molecule has 0 saturated heterocycles. The van der Waals surface area contributed by atoms with Crippen molar-refractivity contribution >= 4 is 10.9 Å². The zero-order chi connectivity index (χ0) is 20.3. The van der Waals surface area contributed by atoms with Crippen molar-refractivity contribution in [2.75, 3.05) is 21.3 Å². The number of ether oxygens (including phenoxy) is 3. The molecule has 7 heteroatoms. The summed E-state index contributed by atoms with van der Waals surface area (Å²) >= 11 is 0. The zero-order valence-electron chi connectivity index (χ0n) is 16.8. The number of hydrogen-bond donors (Lipinski definition) is 2. The van der Waals surface area contributed by atoms with Gasteiger partial charge in [-0.3, -0.25) is 4.79 Å². The average Bonchev–Trinajstić information content (AvgIpc) is 2.71. The molecule has 1 heterocycles. The van der Waals surface area contributed by atoms with Gasteiger partial charge in [-0.1, -0.05) is 17.7 Å². The lowest BCUT2D eigenvalue weighted by atomic mass is 10.0. The molecule has 1 aromatic heterocycles. The maximum absolute atomic E-state index is 12.5. The Bertz CT molecular complexity index is 1050. The molecule has 3 rings (SSSR count). The van der Waals surface area contributed by atoms with Crippen molar-refractivity contribution < 1.29 is 14.2 Å². The monoisotopic (exact) mass is 383 g/mol. The molecule has 1 unspecified atom stereocenters. The van der Waals surface area contributed by atoms with Gasteiger partial charge in [-0.2, -0.15) is 0 Å². The van der Waals surface area contributed by atoms with Crippen LogP contribution in [0.4, 0.5) is 0 Å². The van der Waals surface area contributed by atoms with Crippen molar-refractivity contribution in [3.8, 4) is 17.2 Å². The Morgan fingerprint density at radius 2 is 1.71 bits per heavy atom. The summed E-state index contributed by atoms with van der Waals surface area (Å²) in [6.45, 7) is 4.49. The smallest absolute Gasteiger partial charge is 0.258 e. The molecule has 28 heavy (non-hydrogen) atoms. The third-order valence-electron chi connectivity index (χ3n) is 4.69. The van der Waals surface area contributed by atoms with Crippen LogP contribution in [-0.2, 0) is 6.54 Å². The maximum atomic E-state index is 12.5. The number of nitrogens with one attached hydrogen (secondary N) is 2. The van der Waals surface area contributed by atoms with Crippen LogP contribution < -0.4 is 25.1 Å². The lowest BCUT2D eigenvalue weighted by Crippen LogP contribution is -2.22. The molecule has 3 aromatic rings.